The van der Waals surface area contributed by atoms with Gasteiger partial charge >= 0.3 is 0 Å². The largest absolute Gasteiger partial charge is 0.496 e. The Balaban J connectivity index is 1.45. The summed E-state index contributed by atoms with van der Waals surface area (Å²) in [5.41, 5.74) is 7.33. The molecule has 1 aromatic heterocycles. The molecule has 1 unspecified atom stereocenters. The van der Waals surface area contributed by atoms with E-state index in [0.717, 1.165) is 69.5 Å². The Kier molecular flexibility index (Phi) is 5.52. The molecule has 7 heteroatoms. The van der Waals surface area contributed by atoms with E-state index in [-0.39, 0.29) is 0 Å². The van der Waals surface area contributed by atoms with Crippen LogP contribution in [-0.2, 0) is 6.42 Å². The topological polar surface area (TPSA) is 70.8 Å². The van der Waals surface area contributed by atoms with Gasteiger partial charge in [-0.2, -0.15) is 9.97 Å². The number of nitrogen functional groups attached to an aromatic ring is 1. The number of hydrogen-bond donors (Lipinski definition) is 1. The van der Waals surface area contributed by atoms with Gasteiger partial charge in [-0.25, -0.2) is 0 Å². The normalized spacial score (nSPS) is 20.6. The smallest absolute Gasteiger partial charge is 0.223 e. The van der Waals surface area contributed by atoms with Crippen LogP contribution in [0, 0.1) is 5.92 Å². The number of aromatic nitrogens is 2. The maximum Gasteiger partial charge on any atom is 0.223 e. The summed E-state index contributed by atoms with van der Waals surface area (Å²) in [6.07, 6.45) is 2.16. The van der Waals surface area contributed by atoms with Crippen LogP contribution < -0.4 is 20.3 Å². The number of methoxy groups -OCH3 is 1. The molecule has 2 N–H and O–H groups in total. The first-order chi connectivity index (χ1) is 13.6. The maximum atomic E-state index is 6.05. The van der Waals surface area contributed by atoms with Crippen molar-refractivity contribution in [2.45, 2.75) is 12.8 Å². The van der Waals surface area contributed by atoms with Gasteiger partial charge in [-0.05, 0) is 37.4 Å². The fourth-order valence-corrected chi connectivity index (χ4v) is 4.19. The molecule has 3 heterocycles. The molecule has 0 saturated carbocycles. The number of nitrogens with two attached hydrogens (primary N) is 1. The van der Waals surface area contributed by atoms with Crippen molar-refractivity contribution in [3.05, 3.63) is 35.9 Å². The molecule has 0 bridgehead atoms. The predicted octanol–water partition coefficient (Wildman–Crippen LogP) is 1.89. The number of benzene rings is 1. The molecule has 2 aliphatic rings. The molecule has 28 heavy (non-hydrogen) atoms. The van der Waals surface area contributed by atoms with Crippen LogP contribution in [-0.4, -0.2) is 68.3 Å². The summed E-state index contributed by atoms with van der Waals surface area (Å²) < 4.78 is 5.51. The quantitative estimate of drug-likeness (QED) is 0.847. The van der Waals surface area contributed by atoms with E-state index >= 15 is 0 Å². The van der Waals surface area contributed by atoms with Crippen LogP contribution in [0.2, 0.25) is 0 Å². The lowest BCUT2D eigenvalue weighted by atomic mass is 9.98. The SMILES string of the molecule is COc1ccccc1CC1CCN(c2cc(N3CCN(C)CC3)nc(N)n2)C1. The van der Waals surface area contributed by atoms with Crippen LogP contribution in [0.25, 0.3) is 0 Å². The van der Waals surface area contributed by atoms with Gasteiger partial charge in [0.1, 0.15) is 17.4 Å². The van der Waals surface area contributed by atoms with Gasteiger partial charge in [0.05, 0.1) is 7.11 Å². The van der Waals surface area contributed by atoms with Crippen LogP contribution in [0.3, 0.4) is 0 Å². The van der Waals surface area contributed by atoms with Crippen molar-refractivity contribution in [2.24, 2.45) is 5.92 Å². The van der Waals surface area contributed by atoms with Crippen molar-refractivity contribution in [3.63, 3.8) is 0 Å². The van der Waals surface area contributed by atoms with Gasteiger partial charge in [-0.1, -0.05) is 18.2 Å². The minimum Gasteiger partial charge on any atom is -0.496 e. The molecule has 1 aromatic carbocycles. The Labute approximate surface area is 167 Å². The fraction of sp³-hybridized carbons (Fsp3) is 0.524. The molecular weight excluding hydrogens is 352 g/mol. The van der Waals surface area contributed by atoms with Crippen molar-refractivity contribution in [3.8, 4) is 5.75 Å². The summed E-state index contributed by atoms with van der Waals surface area (Å²) in [7, 11) is 3.90. The van der Waals surface area contributed by atoms with Crippen LogP contribution >= 0.6 is 0 Å². The summed E-state index contributed by atoms with van der Waals surface area (Å²) in [5.74, 6) is 3.82. The summed E-state index contributed by atoms with van der Waals surface area (Å²) in [6, 6.07) is 10.4. The lowest BCUT2D eigenvalue weighted by Gasteiger charge is -2.33. The molecule has 7 nitrogen and oxygen atoms in total. The summed E-state index contributed by atoms with van der Waals surface area (Å²) in [6.45, 7) is 6.02. The molecule has 2 aliphatic heterocycles. The number of hydrogen-bond acceptors (Lipinski definition) is 7. The molecule has 2 aromatic rings. The van der Waals surface area contributed by atoms with E-state index in [1.807, 2.05) is 12.1 Å². The van der Waals surface area contributed by atoms with Crippen molar-refractivity contribution >= 4 is 17.6 Å². The summed E-state index contributed by atoms with van der Waals surface area (Å²) >= 11 is 0. The van der Waals surface area contributed by atoms with Crippen molar-refractivity contribution in [1.29, 1.82) is 0 Å². The summed E-state index contributed by atoms with van der Waals surface area (Å²) in [5, 5.41) is 0. The van der Waals surface area contributed by atoms with E-state index in [2.05, 4.69) is 49.9 Å². The van der Waals surface area contributed by atoms with Gasteiger partial charge in [-0.15, -0.1) is 0 Å². The highest BCUT2D eigenvalue weighted by Gasteiger charge is 2.26. The zero-order valence-corrected chi connectivity index (χ0v) is 16.8. The van der Waals surface area contributed by atoms with Gasteiger partial charge < -0.3 is 25.2 Å². The number of nitrogens with zero attached hydrogens (tertiary/aromatic N) is 5. The molecule has 2 saturated heterocycles. The number of ether oxygens (including phenoxy) is 1. The average molecular weight is 383 g/mol. The standard InChI is InChI=1S/C21H30N6O/c1-25-9-11-26(12-10-25)19-14-20(24-21(22)23-19)27-8-7-16(15-27)13-17-5-3-4-6-18(17)28-2/h3-6,14,16H,7-13,15H2,1-2H3,(H2,22,23,24). The van der Waals surface area contributed by atoms with Gasteiger partial charge in [0, 0.05) is 45.3 Å². The highest BCUT2D eigenvalue weighted by molar-refractivity contribution is 5.55. The van der Waals surface area contributed by atoms with Crippen LogP contribution in [0.4, 0.5) is 17.6 Å². The highest BCUT2D eigenvalue weighted by atomic mass is 16.5. The molecule has 1 atom stereocenters. The average Bonchev–Trinajstić information content (AvgIpc) is 3.17. The minimum absolute atomic E-state index is 0.361. The van der Waals surface area contributed by atoms with E-state index in [1.54, 1.807) is 7.11 Å². The number of para-hydroxylation sites is 1. The molecule has 150 valence electrons. The van der Waals surface area contributed by atoms with E-state index in [4.69, 9.17) is 10.5 Å². The first-order valence-corrected chi connectivity index (χ1v) is 10.1. The van der Waals surface area contributed by atoms with Gasteiger partial charge in [0.2, 0.25) is 5.95 Å². The third-order valence-electron chi connectivity index (χ3n) is 5.85. The zero-order valence-electron chi connectivity index (χ0n) is 16.8. The van der Waals surface area contributed by atoms with Crippen molar-refractivity contribution < 1.29 is 4.74 Å². The van der Waals surface area contributed by atoms with E-state index in [9.17, 15) is 0 Å². The number of piperazine rings is 1. The first kappa shape index (κ1) is 18.8. The molecule has 0 radical (unpaired) electrons. The van der Waals surface area contributed by atoms with Crippen molar-refractivity contribution in [2.75, 3.05) is 69.0 Å². The third kappa shape index (κ3) is 4.14. The predicted molar refractivity (Wildman–Crippen MR) is 113 cm³/mol. The Morgan fingerprint density at radius 3 is 2.50 bits per heavy atom. The molecular formula is C21H30N6O. The van der Waals surface area contributed by atoms with Gasteiger partial charge in [-0.3, -0.25) is 0 Å². The monoisotopic (exact) mass is 382 g/mol. The lowest BCUT2D eigenvalue weighted by molar-refractivity contribution is 0.312. The maximum absolute atomic E-state index is 6.05. The Bertz CT molecular complexity index is 805. The fourth-order valence-electron chi connectivity index (χ4n) is 4.19. The number of anilines is 3. The van der Waals surface area contributed by atoms with Crippen LogP contribution in [0.5, 0.6) is 5.75 Å². The molecule has 4 rings (SSSR count). The number of rotatable bonds is 5. The van der Waals surface area contributed by atoms with Crippen molar-refractivity contribution in [1.82, 2.24) is 14.9 Å². The minimum atomic E-state index is 0.361. The van der Waals surface area contributed by atoms with E-state index < -0.39 is 0 Å². The molecule has 0 amide bonds. The third-order valence-corrected chi connectivity index (χ3v) is 5.85. The Morgan fingerprint density at radius 2 is 1.75 bits per heavy atom. The molecule has 0 spiro atoms. The van der Waals surface area contributed by atoms with Crippen LogP contribution in [0.1, 0.15) is 12.0 Å². The van der Waals surface area contributed by atoms with Crippen LogP contribution in [0.15, 0.2) is 30.3 Å². The van der Waals surface area contributed by atoms with E-state index in [1.165, 1.54) is 5.56 Å². The zero-order chi connectivity index (χ0) is 19.5. The second kappa shape index (κ2) is 8.22. The lowest BCUT2D eigenvalue weighted by Crippen LogP contribution is -2.45. The Hall–Kier alpha value is -2.54. The van der Waals surface area contributed by atoms with Gasteiger partial charge in [0.15, 0.2) is 0 Å². The van der Waals surface area contributed by atoms with E-state index in [0.29, 0.717) is 11.9 Å². The second-order valence-electron chi connectivity index (χ2n) is 7.85. The first-order valence-electron chi connectivity index (χ1n) is 10.1. The summed E-state index contributed by atoms with van der Waals surface area (Å²) in [4.78, 5) is 16.0. The highest BCUT2D eigenvalue weighted by Crippen LogP contribution is 2.30. The Morgan fingerprint density at radius 1 is 1.04 bits per heavy atom. The van der Waals surface area contributed by atoms with Gasteiger partial charge in [0.25, 0.3) is 0 Å². The number of likely N-dealkylation sites (N-methyl/N-ethyl adjacent to an activating group) is 1. The molecule has 2 fully saturated rings. The second-order valence-corrected chi connectivity index (χ2v) is 7.85. The molecule has 0 aliphatic carbocycles.